The molecular formula is C12H14F2N2O. The minimum atomic E-state index is -0.945. The highest BCUT2D eigenvalue weighted by Gasteiger charge is 2.14. The Bertz CT molecular complexity index is 424. The van der Waals surface area contributed by atoms with Crippen molar-refractivity contribution in [3.63, 3.8) is 0 Å². The molecule has 0 spiro atoms. The topological polar surface area (TPSA) is 56.0 Å². The Morgan fingerprint density at radius 2 is 1.88 bits per heavy atom. The van der Waals surface area contributed by atoms with Gasteiger partial charge in [-0.1, -0.05) is 0 Å². The third-order valence-corrected chi connectivity index (χ3v) is 2.13. The molecule has 0 unspecified atom stereocenters. The zero-order valence-corrected chi connectivity index (χ0v) is 9.72. The number of benzene rings is 1. The minimum Gasteiger partial charge on any atom is -0.389 e. The van der Waals surface area contributed by atoms with Gasteiger partial charge >= 0.3 is 0 Å². The maximum atomic E-state index is 13.4. The monoisotopic (exact) mass is 240 g/mol. The molecule has 0 heterocycles. The second kappa shape index (κ2) is 5.21. The van der Waals surface area contributed by atoms with Crippen LogP contribution < -0.4 is 5.32 Å². The molecule has 0 bridgehead atoms. The maximum absolute atomic E-state index is 13.4. The van der Waals surface area contributed by atoms with E-state index in [1.54, 1.807) is 19.9 Å². The van der Waals surface area contributed by atoms with Gasteiger partial charge in [0, 0.05) is 18.7 Å². The minimum absolute atomic E-state index is 0.0344. The third-order valence-electron chi connectivity index (χ3n) is 2.13. The van der Waals surface area contributed by atoms with Gasteiger partial charge in [-0.2, -0.15) is 5.26 Å². The summed E-state index contributed by atoms with van der Waals surface area (Å²) in [5.41, 5.74) is -1.13. The first kappa shape index (κ1) is 13.6. The van der Waals surface area contributed by atoms with Crippen molar-refractivity contribution in [1.82, 2.24) is 5.32 Å². The molecule has 92 valence electrons. The predicted octanol–water partition coefficient (Wildman–Crippen LogP) is 1.70. The van der Waals surface area contributed by atoms with Gasteiger partial charge < -0.3 is 10.4 Å². The summed E-state index contributed by atoms with van der Waals surface area (Å²) in [6.45, 7) is 3.36. The summed E-state index contributed by atoms with van der Waals surface area (Å²) in [6, 6.07) is 3.66. The normalized spacial score (nSPS) is 11.3. The number of hydrogen-bond acceptors (Lipinski definition) is 3. The molecule has 0 aromatic heterocycles. The van der Waals surface area contributed by atoms with Crippen molar-refractivity contribution in [2.45, 2.75) is 26.0 Å². The van der Waals surface area contributed by atoms with Crippen LogP contribution in [0.25, 0.3) is 0 Å². The fraction of sp³-hybridized carbons (Fsp3) is 0.417. The van der Waals surface area contributed by atoms with Gasteiger partial charge in [-0.15, -0.1) is 0 Å². The van der Waals surface area contributed by atoms with Gasteiger partial charge in [-0.05, 0) is 26.0 Å². The fourth-order valence-electron chi connectivity index (χ4n) is 1.33. The Balaban J connectivity index is 2.76. The zero-order chi connectivity index (χ0) is 13.1. The van der Waals surface area contributed by atoms with Crippen LogP contribution in [0.1, 0.15) is 25.0 Å². The Labute approximate surface area is 98.7 Å². The fourth-order valence-corrected chi connectivity index (χ4v) is 1.33. The summed E-state index contributed by atoms with van der Waals surface area (Å²) < 4.78 is 26.8. The van der Waals surface area contributed by atoms with E-state index in [0.29, 0.717) is 0 Å². The smallest absolute Gasteiger partial charge is 0.131 e. The number of hydrogen-bond donors (Lipinski definition) is 2. The number of rotatable bonds is 4. The number of nitrogens with one attached hydrogen (secondary N) is 1. The van der Waals surface area contributed by atoms with E-state index in [0.717, 1.165) is 12.1 Å². The molecule has 0 fully saturated rings. The Morgan fingerprint density at radius 3 is 2.29 bits per heavy atom. The number of nitriles is 1. The van der Waals surface area contributed by atoms with E-state index in [1.165, 1.54) is 0 Å². The van der Waals surface area contributed by atoms with Gasteiger partial charge in [0.25, 0.3) is 0 Å². The molecule has 1 rings (SSSR count). The van der Waals surface area contributed by atoms with Crippen LogP contribution in [0.3, 0.4) is 0 Å². The Morgan fingerprint density at radius 1 is 1.35 bits per heavy atom. The maximum Gasteiger partial charge on any atom is 0.131 e. The van der Waals surface area contributed by atoms with E-state index >= 15 is 0 Å². The van der Waals surface area contributed by atoms with Crippen molar-refractivity contribution in [3.8, 4) is 6.07 Å². The first-order valence-electron chi connectivity index (χ1n) is 5.14. The van der Waals surface area contributed by atoms with Gasteiger partial charge in [0.1, 0.15) is 11.6 Å². The number of halogens is 2. The second-order valence-electron chi connectivity index (χ2n) is 4.45. The molecule has 0 amide bonds. The van der Waals surface area contributed by atoms with Gasteiger partial charge in [-0.25, -0.2) is 8.78 Å². The van der Waals surface area contributed by atoms with Crippen LogP contribution in [-0.4, -0.2) is 17.3 Å². The van der Waals surface area contributed by atoms with Crippen LogP contribution in [0.15, 0.2) is 12.1 Å². The molecule has 0 saturated carbocycles. The molecule has 5 heteroatoms. The zero-order valence-electron chi connectivity index (χ0n) is 9.72. The summed E-state index contributed by atoms with van der Waals surface area (Å²) >= 11 is 0. The molecule has 1 aromatic rings. The molecule has 0 aliphatic heterocycles. The average Bonchev–Trinajstić information content (AvgIpc) is 2.20. The van der Waals surface area contributed by atoms with Crippen molar-refractivity contribution in [1.29, 1.82) is 5.26 Å². The summed E-state index contributed by atoms with van der Waals surface area (Å²) in [5, 5.41) is 20.7. The van der Waals surface area contributed by atoms with Crippen LogP contribution in [0.2, 0.25) is 0 Å². The molecule has 17 heavy (non-hydrogen) atoms. The third kappa shape index (κ3) is 4.10. The Kier molecular flexibility index (Phi) is 4.16. The average molecular weight is 240 g/mol. The van der Waals surface area contributed by atoms with Crippen LogP contribution in [-0.2, 0) is 6.54 Å². The molecule has 0 radical (unpaired) electrons. The quantitative estimate of drug-likeness (QED) is 0.842. The lowest BCUT2D eigenvalue weighted by Gasteiger charge is -2.18. The van der Waals surface area contributed by atoms with Crippen molar-refractivity contribution in [2.75, 3.05) is 6.54 Å². The first-order valence-corrected chi connectivity index (χ1v) is 5.14. The number of aliphatic hydroxyl groups is 1. The lowest BCUT2D eigenvalue weighted by atomic mass is 10.1. The van der Waals surface area contributed by atoms with Crippen LogP contribution in [0.4, 0.5) is 8.78 Å². The highest BCUT2D eigenvalue weighted by molar-refractivity contribution is 5.34. The van der Waals surface area contributed by atoms with Crippen LogP contribution in [0, 0.1) is 23.0 Å². The summed E-state index contributed by atoms with van der Waals surface area (Å²) in [4.78, 5) is 0. The van der Waals surface area contributed by atoms with E-state index < -0.39 is 17.2 Å². The van der Waals surface area contributed by atoms with Crippen LogP contribution >= 0.6 is 0 Å². The van der Waals surface area contributed by atoms with E-state index in [1.807, 2.05) is 0 Å². The van der Waals surface area contributed by atoms with Crippen LogP contribution in [0.5, 0.6) is 0 Å². The predicted molar refractivity (Wildman–Crippen MR) is 59.1 cm³/mol. The summed E-state index contributed by atoms with van der Waals surface area (Å²) in [7, 11) is 0. The molecule has 3 nitrogen and oxygen atoms in total. The first-order chi connectivity index (χ1) is 7.83. The molecule has 0 atom stereocenters. The Hall–Kier alpha value is -1.51. The summed E-state index contributed by atoms with van der Waals surface area (Å²) in [5.74, 6) is -1.52. The van der Waals surface area contributed by atoms with Crippen molar-refractivity contribution in [2.24, 2.45) is 0 Å². The van der Waals surface area contributed by atoms with Gasteiger partial charge in [0.15, 0.2) is 0 Å². The molecule has 2 N–H and O–H groups in total. The van der Waals surface area contributed by atoms with Gasteiger partial charge in [0.2, 0.25) is 0 Å². The van der Waals surface area contributed by atoms with E-state index in [-0.39, 0.29) is 24.2 Å². The van der Waals surface area contributed by atoms with E-state index in [9.17, 15) is 13.9 Å². The highest BCUT2D eigenvalue weighted by Crippen LogP contribution is 2.15. The molecular weight excluding hydrogens is 226 g/mol. The highest BCUT2D eigenvalue weighted by atomic mass is 19.1. The standard InChI is InChI=1S/C12H14F2N2O/c1-12(2,17)7-16-6-9-10(13)3-8(5-15)4-11(9)14/h3-4,16-17H,6-7H2,1-2H3. The largest absolute Gasteiger partial charge is 0.389 e. The van der Waals surface area contributed by atoms with E-state index in [2.05, 4.69) is 5.32 Å². The van der Waals surface area contributed by atoms with Crippen molar-refractivity contribution in [3.05, 3.63) is 34.9 Å². The van der Waals surface area contributed by atoms with Gasteiger partial charge in [0.05, 0.1) is 17.2 Å². The van der Waals surface area contributed by atoms with E-state index in [4.69, 9.17) is 5.26 Å². The second-order valence-corrected chi connectivity index (χ2v) is 4.45. The lowest BCUT2D eigenvalue weighted by molar-refractivity contribution is 0.0793. The molecule has 0 aliphatic carbocycles. The van der Waals surface area contributed by atoms with Crippen molar-refractivity contribution < 1.29 is 13.9 Å². The number of nitrogens with zero attached hydrogens (tertiary/aromatic N) is 1. The SMILES string of the molecule is CC(C)(O)CNCc1c(F)cc(C#N)cc1F. The molecule has 0 saturated heterocycles. The summed E-state index contributed by atoms with van der Waals surface area (Å²) in [6.07, 6.45) is 0. The lowest BCUT2D eigenvalue weighted by Crippen LogP contribution is -2.34. The molecule has 0 aliphatic rings. The molecule has 1 aromatic carbocycles. The van der Waals surface area contributed by atoms with Gasteiger partial charge in [-0.3, -0.25) is 0 Å². The van der Waals surface area contributed by atoms with Crippen molar-refractivity contribution >= 4 is 0 Å².